The van der Waals surface area contributed by atoms with Crippen LogP contribution >= 0.6 is 0 Å². The summed E-state index contributed by atoms with van der Waals surface area (Å²) in [5, 5.41) is 0. The summed E-state index contributed by atoms with van der Waals surface area (Å²) in [7, 11) is 0. The van der Waals surface area contributed by atoms with Gasteiger partial charge in [0.05, 0.1) is 0 Å². The van der Waals surface area contributed by atoms with E-state index in [0.717, 1.165) is 5.69 Å². The first-order chi connectivity index (χ1) is 7.07. The third-order valence-corrected chi connectivity index (χ3v) is 2.73. The lowest BCUT2D eigenvalue weighted by molar-refractivity contribution is -0.0220. The molecule has 0 unspecified atom stereocenters. The molecule has 0 spiro atoms. The molecule has 1 aliphatic rings. The maximum absolute atomic E-state index is 12.9. The van der Waals surface area contributed by atoms with Crippen molar-refractivity contribution in [2.45, 2.75) is 18.8 Å². The molecule has 82 valence electrons. The zero-order valence-corrected chi connectivity index (χ0v) is 8.42. The molecule has 0 aromatic heterocycles. The Kier molecular flexibility index (Phi) is 2.50. The maximum Gasteiger partial charge on any atom is 0.251 e. The van der Waals surface area contributed by atoms with Crippen LogP contribution in [0.2, 0.25) is 0 Å². The van der Waals surface area contributed by atoms with Crippen molar-refractivity contribution in [3.05, 3.63) is 24.3 Å². The number of nitrogens with zero attached hydrogens (tertiary/aromatic N) is 1. The number of halogens is 2. The van der Waals surface area contributed by atoms with Crippen LogP contribution in [0.5, 0.6) is 0 Å². The van der Waals surface area contributed by atoms with Crippen molar-refractivity contribution < 1.29 is 8.78 Å². The van der Waals surface area contributed by atoms with Crippen molar-refractivity contribution in [3.8, 4) is 0 Å². The summed E-state index contributed by atoms with van der Waals surface area (Å²) >= 11 is 0. The smallest absolute Gasteiger partial charge is 0.251 e. The Bertz CT molecular complexity index is 342. The molecule has 0 amide bonds. The van der Waals surface area contributed by atoms with E-state index in [1.54, 1.807) is 6.07 Å². The van der Waals surface area contributed by atoms with Gasteiger partial charge in [0, 0.05) is 37.3 Å². The van der Waals surface area contributed by atoms with E-state index in [2.05, 4.69) is 0 Å². The molecule has 1 heterocycles. The molecular formula is C11H14F2N2. The van der Waals surface area contributed by atoms with Gasteiger partial charge in [0.15, 0.2) is 0 Å². The number of nitrogen functional groups attached to an aromatic ring is 1. The summed E-state index contributed by atoms with van der Waals surface area (Å²) in [6, 6.07) is 7.36. The molecule has 15 heavy (non-hydrogen) atoms. The molecule has 1 aliphatic heterocycles. The Labute approximate surface area is 87.7 Å². The molecule has 0 radical (unpaired) electrons. The van der Waals surface area contributed by atoms with E-state index in [0.29, 0.717) is 18.8 Å². The van der Waals surface area contributed by atoms with Crippen LogP contribution in [-0.4, -0.2) is 19.0 Å². The monoisotopic (exact) mass is 212 g/mol. The quantitative estimate of drug-likeness (QED) is 0.725. The summed E-state index contributed by atoms with van der Waals surface area (Å²) in [6.07, 6.45) is -0.135. The fraction of sp³-hybridized carbons (Fsp3) is 0.455. The van der Waals surface area contributed by atoms with Crippen LogP contribution in [0, 0.1) is 0 Å². The predicted octanol–water partition coefficient (Wildman–Crippen LogP) is 2.50. The van der Waals surface area contributed by atoms with E-state index in [-0.39, 0.29) is 12.8 Å². The first kappa shape index (κ1) is 10.2. The molecule has 1 aromatic carbocycles. The fourth-order valence-electron chi connectivity index (χ4n) is 1.81. The van der Waals surface area contributed by atoms with Crippen LogP contribution in [0.3, 0.4) is 0 Å². The second kappa shape index (κ2) is 3.68. The Morgan fingerprint density at radius 3 is 2.47 bits per heavy atom. The van der Waals surface area contributed by atoms with Crippen LogP contribution in [-0.2, 0) is 0 Å². The average molecular weight is 212 g/mol. The summed E-state index contributed by atoms with van der Waals surface area (Å²) < 4.78 is 25.8. The first-order valence-electron chi connectivity index (χ1n) is 5.05. The van der Waals surface area contributed by atoms with Gasteiger partial charge in [0.25, 0.3) is 5.92 Å². The highest BCUT2D eigenvalue weighted by atomic mass is 19.3. The zero-order valence-electron chi connectivity index (χ0n) is 8.42. The molecule has 0 bridgehead atoms. The lowest BCUT2D eigenvalue weighted by Gasteiger charge is -2.33. The molecule has 0 atom stereocenters. The van der Waals surface area contributed by atoms with Crippen molar-refractivity contribution in [2.24, 2.45) is 0 Å². The number of hydrogen-bond donors (Lipinski definition) is 1. The number of benzene rings is 1. The summed E-state index contributed by atoms with van der Waals surface area (Å²) in [4.78, 5) is 1.95. The third kappa shape index (κ3) is 2.37. The van der Waals surface area contributed by atoms with Crippen molar-refractivity contribution >= 4 is 11.4 Å². The average Bonchev–Trinajstić information content (AvgIpc) is 2.17. The van der Waals surface area contributed by atoms with Gasteiger partial charge in [-0.1, -0.05) is 6.07 Å². The summed E-state index contributed by atoms with van der Waals surface area (Å²) in [5.74, 6) is -2.49. The van der Waals surface area contributed by atoms with Gasteiger partial charge in [-0.2, -0.15) is 0 Å². The van der Waals surface area contributed by atoms with Gasteiger partial charge >= 0.3 is 0 Å². The van der Waals surface area contributed by atoms with Gasteiger partial charge in [-0.05, 0) is 18.2 Å². The zero-order chi connectivity index (χ0) is 10.9. The van der Waals surface area contributed by atoms with E-state index < -0.39 is 5.92 Å². The van der Waals surface area contributed by atoms with E-state index in [9.17, 15) is 8.78 Å². The normalized spacial score (nSPS) is 20.3. The summed E-state index contributed by atoms with van der Waals surface area (Å²) in [6.45, 7) is 0.799. The van der Waals surface area contributed by atoms with Crippen LogP contribution in [0.15, 0.2) is 24.3 Å². The Morgan fingerprint density at radius 1 is 1.20 bits per heavy atom. The highest BCUT2D eigenvalue weighted by Gasteiger charge is 2.33. The van der Waals surface area contributed by atoms with Crippen molar-refractivity contribution in [2.75, 3.05) is 23.7 Å². The maximum atomic E-state index is 12.9. The topological polar surface area (TPSA) is 29.3 Å². The molecule has 2 rings (SSSR count). The Balaban J connectivity index is 2.08. The lowest BCUT2D eigenvalue weighted by Crippen LogP contribution is -2.39. The second-order valence-corrected chi connectivity index (χ2v) is 3.94. The molecule has 2 nitrogen and oxygen atoms in total. The molecule has 0 aliphatic carbocycles. The second-order valence-electron chi connectivity index (χ2n) is 3.94. The van der Waals surface area contributed by atoms with Gasteiger partial charge in [-0.3, -0.25) is 0 Å². The largest absolute Gasteiger partial charge is 0.399 e. The Hall–Kier alpha value is -1.32. The van der Waals surface area contributed by atoms with Crippen molar-refractivity contribution in [1.82, 2.24) is 0 Å². The minimum atomic E-state index is -2.49. The number of hydrogen-bond acceptors (Lipinski definition) is 2. The summed E-state index contributed by atoms with van der Waals surface area (Å²) in [5.41, 5.74) is 7.25. The first-order valence-corrected chi connectivity index (χ1v) is 5.05. The van der Waals surface area contributed by atoms with Crippen LogP contribution < -0.4 is 10.6 Å². The molecule has 1 fully saturated rings. The molecule has 2 N–H and O–H groups in total. The van der Waals surface area contributed by atoms with E-state index in [1.165, 1.54) is 0 Å². The van der Waals surface area contributed by atoms with Gasteiger partial charge in [-0.25, -0.2) is 8.78 Å². The van der Waals surface area contributed by atoms with Crippen LogP contribution in [0.25, 0.3) is 0 Å². The standard InChI is InChI=1S/C11H14F2N2/c12-11(13)4-6-15(7-5-11)10-3-1-2-9(14)8-10/h1-3,8H,4-7,14H2. The molecule has 1 saturated heterocycles. The Morgan fingerprint density at radius 2 is 1.87 bits per heavy atom. The van der Waals surface area contributed by atoms with Crippen molar-refractivity contribution in [3.63, 3.8) is 0 Å². The van der Waals surface area contributed by atoms with Gasteiger partial charge in [-0.15, -0.1) is 0 Å². The van der Waals surface area contributed by atoms with Crippen LogP contribution in [0.1, 0.15) is 12.8 Å². The number of piperidine rings is 1. The van der Waals surface area contributed by atoms with Gasteiger partial charge in [0.1, 0.15) is 0 Å². The highest BCUT2D eigenvalue weighted by Crippen LogP contribution is 2.30. The SMILES string of the molecule is Nc1cccc(N2CCC(F)(F)CC2)c1. The van der Waals surface area contributed by atoms with E-state index in [4.69, 9.17) is 5.73 Å². The molecule has 0 saturated carbocycles. The molecule has 4 heteroatoms. The minimum Gasteiger partial charge on any atom is -0.399 e. The van der Waals surface area contributed by atoms with E-state index in [1.807, 2.05) is 23.1 Å². The number of rotatable bonds is 1. The molecule has 1 aromatic rings. The number of nitrogens with two attached hydrogens (primary N) is 1. The third-order valence-electron chi connectivity index (χ3n) is 2.73. The highest BCUT2D eigenvalue weighted by molar-refractivity contribution is 5.56. The number of alkyl halides is 2. The fourth-order valence-corrected chi connectivity index (χ4v) is 1.81. The number of anilines is 2. The van der Waals surface area contributed by atoms with Crippen LogP contribution in [0.4, 0.5) is 20.2 Å². The molecular weight excluding hydrogens is 198 g/mol. The van der Waals surface area contributed by atoms with Gasteiger partial charge in [0.2, 0.25) is 0 Å². The van der Waals surface area contributed by atoms with Gasteiger partial charge < -0.3 is 10.6 Å². The predicted molar refractivity (Wildman–Crippen MR) is 57.2 cm³/mol. The minimum absolute atomic E-state index is 0.0677. The lowest BCUT2D eigenvalue weighted by atomic mass is 10.1. The van der Waals surface area contributed by atoms with Crippen molar-refractivity contribution in [1.29, 1.82) is 0 Å². The van der Waals surface area contributed by atoms with E-state index >= 15 is 0 Å².